The number of nitrogens with zero attached hydrogens (tertiary/aromatic N) is 1. The molecule has 1 saturated heterocycles. The molecule has 1 aliphatic rings. The number of carbonyl (C=O) groups excluding carboxylic acids is 4. The van der Waals surface area contributed by atoms with Gasteiger partial charge in [0.25, 0.3) is 11.1 Å². The minimum atomic E-state index is -0.642. The van der Waals surface area contributed by atoms with E-state index in [1.54, 1.807) is 67.6 Å². The summed E-state index contributed by atoms with van der Waals surface area (Å²) >= 11 is 8.86. The molecule has 11 heteroatoms. The number of hydrogen-bond acceptors (Lipinski definition) is 7. The molecular formula is C27H20ClIN2O6S. The first kappa shape index (κ1) is 27.7. The van der Waals surface area contributed by atoms with E-state index in [1.807, 2.05) is 28.7 Å². The van der Waals surface area contributed by atoms with Crippen molar-refractivity contribution in [2.24, 2.45) is 0 Å². The van der Waals surface area contributed by atoms with Crippen molar-refractivity contribution in [2.75, 3.05) is 18.5 Å². The first-order valence-corrected chi connectivity index (χ1v) is 13.6. The van der Waals surface area contributed by atoms with Gasteiger partial charge in [-0.3, -0.25) is 19.3 Å². The van der Waals surface area contributed by atoms with E-state index >= 15 is 0 Å². The summed E-state index contributed by atoms with van der Waals surface area (Å²) in [5, 5.41) is 2.37. The molecule has 0 saturated carbocycles. The molecule has 0 spiro atoms. The number of nitrogens with one attached hydrogen (secondary N) is 1. The van der Waals surface area contributed by atoms with E-state index in [9.17, 15) is 19.2 Å². The number of benzene rings is 3. The Morgan fingerprint density at radius 1 is 1.08 bits per heavy atom. The van der Waals surface area contributed by atoms with E-state index in [2.05, 4.69) is 5.32 Å². The second-order valence-corrected chi connectivity index (χ2v) is 10.4. The molecule has 1 aliphatic heterocycles. The van der Waals surface area contributed by atoms with Gasteiger partial charge in [0.15, 0.2) is 11.5 Å². The van der Waals surface area contributed by atoms with Crippen LogP contribution < -0.4 is 14.8 Å². The average molecular weight is 663 g/mol. The maximum absolute atomic E-state index is 12.9. The quantitative estimate of drug-likeness (QED) is 0.132. The van der Waals surface area contributed by atoms with Gasteiger partial charge in [-0.1, -0.05) is 41.9 Å². The molecule has 4 rings (SSSR count). The number of ether oxygens (including phenoxy) is 2. The predicted octanol–water partition coefficient (Wildman–Crippen LogP) is 6.24. The Morgan fingerprint density at radius 3 is 2.50 bits per heavy atom. The zero-order chi connectivity index (χ0) is 27.2. The number of rotatable bonds is 8. The molecule has 3 aromatic rings. The third-order valence-corrected chi connectivity index (χ3v) is 7.19. The van der Waals surface area contributed by atoms with Crippen LogP contribution in [0, 0.1) is 3.57 Å². The lowest BCUT2D eigenvalue weighted by Crippen LogP contribution is -2.36. The number of hydrogen-bond donors (Lipinski definition) is 1. The molecule has 38 heavy (non-hydrogen) atoms. The van der Waals surface area contributed by atoms with Crippen LogP contribution in [0.15, 0.2) is 71.6 Å². The van der Waals surface area contributed by atoms with Crippen molar-refractivity contribution in [3.63, 3.8) is 0 Å². The summed E-state index contributed by atoms with van der Waals surface area (Å²) in [5.41, 5.74) is 1.32. The van der Waals surface area contributed by atoms with Crippen molar-refractivity contribution in [1.82, 2.24) is 4.90 Å². The SMILES string of the molecule is CCOc1cc(/C=C2\SC(=O)N(CC(=O)Nc3ccccc3)C2=O)cc(I)c1OC(=O)c1ccccc1Cl. The lowest BCUT2D eigenvalue weighted by molar-refractivity contribution is -0.127. The lowest BCUT2D eigenvalue weighted by atomic mass is 10.1. The minimum absolute atomic E-state index is 0.154. The van der Waals surface area contributed by atoms with Crippen LogP contribution in [0.5, 0.6) is 11.5 Å². The van der Waals surface area contributed by atoms with Gasteiger partial charge in [-0.15, -0.1) is 0 Å². The number of imide groups is 1. The van der Waals surface area contributed by atoms with Crippen LogP contribution in [0.25, 0.3) is 6.08 Å². The first-order valence-electron chi connectivity index (χ1n) is 11.3. The summed E-state index contributed by atoms with van der Waals surface area (Å²) in [7, 11) is 0. The van der Waals surface area contributed by atoms with Crippen LogP contribution in [0.3, 0.4) is 0 Å². The summed E-state index contributed by atoms with van der Waals surface area (Å²) in [6, 6.07) is 18.6. The van der Waals surface area contributed by atoms with Gasteiger partial charge in [0.05, 0.1) is 25.7 Å². The maximum atomic E-state index is 12.9. The Kier molecular flexibility index (Phi) is 9.08. The third-order valence-electron chi connectivity index (χ3n) is 5.15. The number of anilines is 1. The van der Waals surface area contributed by atoms with Gasteiger partial charge in [0.1, 0.15) is 6.54 Å². The molecule has 0 radical (unpaired) electrons. The van der Waals surface area contributed by atoms with Gasteiger partial charge in [0.2, 0.25) is 5.91 Å². The molecule has 3 aromatic carbocycles. The summed E-state index contributed by atoms with van der Waals surface area (Å²) in [6.45, 7) is 1.67. The smallest absolute Gasteiger partial charge is 0.345 e. The molecule has 0 bridgehead atoms. The fourth-order valence-electron chi connectivity index (χ4n) is 3.46. The normalized spacial score (nSPS) is 14.1. The zero-order valence-corrected chi connectivity index (χ0v) is 23.6. The molecule has 0 atom stereocenters. The second kappa shape index (κ2) is 12.5. The number of para-hydroxylation sites is 1. The van der Waals surface area contributed by atoms with Crippen molar-refractivity contribution in [2.45, 2.75) is 6.92 Å². The highest BCUT2D eigenvalue weighted by atomic mass is 127. The molecule has 0 unspecified atom stereocenters. The molecule has 1 heterocycles. The highest BCUT2D eigenvalue weighted by Crippen LogP contribution is 2.38. The molecular weight excluding hydrogens is 643 g/mol. The Labute approximate surface area is 241 Å². The Bertz CT molecular complexity index is 1450. The van der Waals surface area contributed by atoms with Crippen LogP contribution in [0.4, 0.5) is 10.5 Å². The first-order chi connectivity index (χ1) is 18.3. The van der Waals surface area contributed by atoms with Crippen molar-refractivity contribution in [3.8, 4) is 11.5 Å². The largest absolute Gasteiger partial charge is 0.490 e. The van der Waals surface area contributed by atoms with Crippen molar-refractivity contribution < 1.29 is 28.7 Å². The van der Waals surface area contributed by atoms with Crippen LogP contribution >= 0.6 is 46.0 Å². The molecule has 8 nitrogen and oxygen atoms in total. The van der Waals surface area contributed by atoms with E-state index < -0.39 is 29.6 Å². The van der Waals surface area contributed by atoms with Gasteiger partial charge in [-0.25, -0.2) is 4.79 Å². The number of carbonyl (C=O) groups is 4. The number of halogens is 2. The Hall–Kier alpha value is -3.35. The van der Waals surface area contributed by atoms with E-state index in [1.165, 1.54) is 6.08 Å². The lowest BCUT2D eigenvalue weighted by Gasteiger charge is -2.14. The van der Waals surface area contributed by atoms with Crippen LogP contribution in [0.2, 0.25) is 5.02 Å². The van der Waals surface area contributed by atoms with Gasteiger partial charge < -0.3 is 14.8 Å². The number of esters is 1. The maximum Gasteiger partial charge on any atom is 0.345 e. The topological polar surface area (TPSA) is 102 Å². The standard InChI is InChI=1S/C27H20ClIN2O6S/c1-2-36-21-13-16(12-20(29)24(21)37-26(34)18-10-6-7-11-19(18)28)14-22-25(33)31(27(35)38-22)15-23(32)30-17-8-4-3-5-9-17/h3-14H,2,15H2,1H3,(H,30,32)/b22-14-. The van der Waals surface area contributed by atoms with Crippen molar-refractivity contribution in [1.29, 1.82) is 0 Å². The summed E-state index contributed by atoms with van der Waals surface area (Å²) in [6.07, 6.45) is 1.53. The highest BCUT2D eigenvalue weighted by molar-refractivity contribution is 14.1. The summed E-state index contributed by atoms with van der Waals surface area (Å²) < 4.78 is 11.9. The van der Waals surface area contributed by atoms with Crippen molar-refractivity contribution >= 4 is 80.7 Å². The van der Waals surface area contributed by atoms with Gasteiger partial charge in [-0.05, 0) is 89.3 Å². The number of amides is 3. The van der Waals surface area contributed by atoms with Gasteiger partial charge in [-0.2, -0.15) is 0 Å². The van der Waals surface area contributed by atoms with Gasteiger partial charge in [0, 0.05) is 5.69 Å². The fourth-order valence-corrected chi connectivity index (χ4v) is 5.25. The zero-order valence-electron chi connectivity index (χ0n) is 19.9. The summed E-state index contributed by atoms with van der Waals surface area (Å²) in [5.74, 6) is -1.21. The fraction of sp³-hybridized carbons (Fsp3) is 0.111. The minimum Gasteiger partial charge on any atom is -0.490 e. The molecule has 194 valence electrons. The average Bonchev–Trinajstić information content (AvgIpc) is 3.14. The molecule has 3 amide bonds. The molecule has 1 N–H and O–H groups in total. The molecule has 1 fully saturated rings. The monoisotopic (exact) mass is 662 g/mol. The Morgan fingerprint density at radius 2 is 1.79 bits per heavy atom. The van der Waals surface area contributed by atoms with Gasteiger partial charge >= 0.3 is 5.97 Å². The van der Waals surface area contributed by atoms with Crippen LogP contribution in [-0.2, 0) is 9.59 Å². The van der Waals surface area contributed by atoms with Crippen LogP contribution in [0.1, 0.15) is 22.8 Å². The van der Waals surface area contributed by atoms with Crippen molar-refractivity contribution in [3.05, 3.63) is 91.4 Å². The van der Waals surface area contributed by atoms with E-state index in [-0.39, 0.29) is 27.0 Å². The second-order valence-electron chi connectivity index (χ2n) is 7.81. The van der Waals surface area contributed by atoms with E-state index in [0.717, 1.165) is 16.7 Å². The van der Waals surface area contributed by atoms with E-state index in [0.29, 0.717) is 21.4 Å². The van der Waals surface area contributed by atoms with Crippen LogP contribution in [-0.4, -0.2) is 41.1 Å². The highest BCUT2D eigenvalue weighted by Gasteiger charge is 2.36. The summed E-state index contributed by atoms with van der Waals surface area (Å²) in [4.78, 5) is 51.6. The predicted molar refractivity (Wildman–Crippen MR) is 154 cm³/mol. The third kappa shape index (κ3) is 6.55. The molecule has 0 aliphatic carbocycles. The molecule has 0 aromatic heterocycles. The van der Waals surface area contributed by atoms with E-state index in [4.69, 9.17) is 21.1 Å². The Balaban J connectivity index is 1.53. The number of thioether (sulfide) groups is 1.